The summed E-state index contributed by atoms with van der Waals surface area (Å²) in [4.78, 5) is 21.9. The molecule has 1 unspecified atom stereocenters. The van der Waals surface area contributed by atoms with E-state index in [0.29, 0.717) is 25.2 Å². The highest BCUT2D eigenvalue weighted by Gasteiger charge is 2.57. The van der Waals surface area contributed by atoms with E-state index in [1.54, 1.807) is 0 Å². The number of nitrogens with two attached hydrogens (primary N) is 1. The molecule has 4 N–H and O–H groups in total. The molecule has 0 saturated heterocycles. The van der Waals surface area contributed by atoms with E-state index >= 15 is 0 Å². The molecule has 1 aliphatic rings. The molecule has 1 saturated carbocycles. The van der Waals surface area contributed by atoms with Gasteiger partial charge in [-0.2, -0.15) is 0 Å². The molecule has 0 aromatic heterocycles. The van der Waals surface area contributed by atoms with Gasteiger partial charge < -0.3 is 15.9 Å². The Balaban J connectivity index is 2.67. The molecule has 0 aliphatic heterocycles. The van der Waals surface area contributed by atoms with Crippen LogP contribution in [0.25, 0.3) is 0 Å². The summed E-state index contributed by atoms with van der Waals surface area (Å²) in [6.07, 6.45) is 1.43. The summed E-state index contributed by atoms with van der Waals surface area (Å²) >= 11 is 0. The van der Waals surface area contributed by atoms with E-state index < -0.39 is 29.3 Å². The molecule has 3 atom stereocenters. The number of carbonyl (C=O) groups is 2. The van der Waals surface area contributed by atoms with Gasteiger partial charge in [0.2, 0.25) is 0 Å². The maximum absolute atomic E-state index is 11.2. The quantitative estimate of drug-likeness (QED) is 0.629. The summed E-state index contributed by atoms with van der Waals surface area (Å²) in [5.41, 5.74) is 4.49. The summed E-state index contributed by atoms with van der Waals surface area (Å²) in [5, 5.41) is 17.9. The molecular weight excluding hydrogens is 210 g/mol. The average molecular weight is 229 g/mol. The molecule has 92 valence electrons. The fourth-order valence-corrected chi connectivity index (χ4v) is 2.02. The van der Waals surface area contributed by atoms with E-state index in [9.17, 15) is 9.59 Å². The number of aliphatic carboxylic acids is 2. The van der Waals surface area contributed by atoms with Crippen molar-refractivity contribution in [3.8, 4) is 0 Å². The van der Waals surface area contributed by atoms with Gasteiger partial charge in [0, 0.05) is 5.92 Å². The summed E-state index contributed by atoms with van der Waals surface area (Å²) in [6.45, 7) is 3.98. The van der Waals surface area contributed by atoms with Crippen LogP contribution in [-0.2, 0) is 9.59 Å². The molecule has 0 aromatic rings. The summed E-state index contributed by atoms with van der Waals surface area (Å²) < 4.78 is 0. The number of carboxylic acids is 2. The van der Waals surface area contributed by atoms with Gasteiger partial charge in [-0.05, 0) is 25.2 Å². The van der Waals surface area contributed by atoms with Crippen molar-refractivity contribution in [1.29, 1.82) is 0 Å². The van der Waals surface area contributed by atoms with Gasteiger partial charge in [-0.1, -0.05) is 13.8 Å². The maximum Gasteiger partial charge on any atom is 0.323 e. The van der Waals surface area contributed by atoms with Crippen LogP contribution in [0.4, 0.5) is 0 Å². The number of hydrogen-bond acceptors (Lipinski definition) is 3. The third kappa shape index (κ3) is 2.52. The average Bonchev–Trinajstić information content (AvgIpc) is 2.93. The first kappa shape index (κ1) is 13.0. The van der Waals surface area contributed by atoms with Gasteiger partial charge in [0.15, 0.2) is 0 Å². The SMILES string of the molecule is CC(C)CCC(N)(C(=O)O)[C@H]1C[C@@H]1C(=O)O. The molecular formula is C11H19NO4. The lowest BCUT2D eigenvalue weighted by atomic mass is 9.85. The van der Waals surface area contributed by atoms with Crippen LogP contribution < -0.4 is 5.73 Å². The topological polar surface area (TPSA) is 101 Å². The normalized spacial score (nSPS) is 27.5. The molecule has 0 bridgehead atoms. The smallest absolute Gasteiger partial charge is 0.323 e. The van der Waals surface area contributed by atoms with Gasteiger partial charge >= 0.3 is 11.9 Å². The third-order valence-electron chi connectivity index (χ3n) is 3.30. The molecule has 0 radical (unpaired) electrons. The molecule has 5 heteroatoms. The number of rotatable bonds is 6. The Morgan fingerprint density at radius 1 is 1.44 bits per heavy atom. The Hall–Kier alpha value is -1.10. The van der Waals surface area contributed by atoms with Crippen molar-refractivity contribution in [3.05, 3.63) is 0 Å². The lowest BCUT2D eigenvalue weighted by Gasteiger charge is -2.25. The first-order valence-electron chi connectivity index (χ1n) is 5.54. The van der Waals surface area contributed by atoms with Gasteiger partial charge in [-0.15, -0.1) is 0 Å². The zero-order chi connectivity index (χ0) is 12.5. The zero-order valence-corrected chi connectivity index (χ0v) is 9.64. The lowest BCUT2D eigenvalue weighted by molar-refractivity contribution is -0.145. The van der Waals surface area contributed by atoms with Crippen LogP contribution in [0.1, 0.15) is 33.1 Å². The predicted molar refractivity (Wildman–Crippen MR) is 57.9 cm³/mol. The van der Waals surface area contributed by atoms with Crippen LogP contribution in [0.2, 0.25) is 0 Å². The largest absolute Gasteiger partial charge is 0.481 e. The lowest BCUT2D eigenvalue weighted by Crippen LogP contribution is -2.51. The van der Waals surface area contributed by atoms with Gasteiger partial charge in [0.05, 0.1) is 5.92 Å². The highest BCUT2D eigenvalue weighted by atomic mass is 16.4. The predicted octanol–water partition coefficient (Wildman–Crippen LogP) is 0.925. The van der Waals surface area contributed by atoms with Gasteiger partial charge in [0.25, 0.3) is 0 Å². The minimum atomic E-state index is -1.37. The molecule has 1 aliphatic carbocycles. The Kier molecular flexibility index (Phi) is 3.57. The second-order valence-corrected chi connectivity index (χ2v) is 5.06. The van der Waals surface area contributed by atoms with Gasteiger partial charge in [-0.25, -0.2) is 0 Å². The fraction of sp³-hybridized carbons (Fsp3) is 0.818. The van der Waals surface area contributed by atoms with Crippen molar-refractivity contribution in [1.82, 2.24) is 0 Å². The van der Waals surface area contributed by atoms with E-state index in [-0.39, 0.29) is 0 Å². The van der Waals surface area contributed by atoms with Crippen LogP contribution in [0.5, 0.6) is 0 Å². The first-order chi connectivity index (χ1) is 7.29. The van der Waals surface area contributed by atoms with Crippen LogP contribution in [0.15, 0.2) is 0 Å². The molecule has 1 fully saturated rings. The minimum absolute atomic E-state index is 0.342. The van der Waals surface area contributed by atoms with Crippen molar-refractivity contribution >= 4 is 11.9 Å². The van der Waals surface area contributed by atoms with Crippen molar-refractivity contribution < 1.29 is 19.8 Å². The van der Waals surface area contributed by atoms with E-state index in [2.05, 4.69) is 0 Å². The van der Waals surface area contributed by atoms with E-state index in [1.807, 2.05) is 13.8 Å². The molecule has 1 rings (SSSR count). The van der Waals surface area contributed by atoms with Gasteiger partial charge in [0.1, 0.15) is 5.54 Å². The van der Waals surface area contributed by atoms with E-state index in [0.717, 1.165) is 0 Å². The zero-order valence-electron chi connectivity index (χ0n) is 9.64. The Labute approximate surface area is 94.6 Å². The molecule has 0 amide bonds. The second kappa shape index (κ2) is 4.41. The fourth-order valence-electron chi connectivity index (χ4n) is 2.02. The first-order valence-corrected chi connectivity index (χ1v) is 5.54. The second-order valence-electron chi connectivity index (χ2n) is 5.06. The van der Waals surface area contributed by atoms with Crippen molar-refractivity contribution in [3.63, 3.8) is 0 Å². The van der Waals surface area contributed by atoms with Crippen molar-refractivity contribution in [2.24, 2.45) is 23.5 Å². The Bertz CT molecular complexity index is 302. The highest BCUT2D eigenvalue weighted by Crippen LogP contribution is 2.47. The summed E-state index contributed by atoms with van der Waals surface area (Å²) in [5.74, 6) is -2.65. The number of hydrogen-bond donors (Lipinski definition) is 3. The van der Waals surface area contributed by atoms with E-state index in [1.165, 1.54) is 0 Å². The standard InChI is InChI=1S/C11H19NO4/c1-6(2)3-4-11(12,10(15)16)8-5-7(8)9(13)14/h6-8H,3-5,12H2,1-2H3,(H,13,14)(H,15,16)/t7-,8-,11?/m0/s1. The summed E-state index contributed by atoms with van der Waals surface area (Å²) in [7, 11) is 0. The van der Waals surface area contributed by atoms with Crippen LogP contribution >= 0.6 is 0 Å². The Morgan fingerprint density at radius 2 is 2.00 bits per heavy atom. The summed E-state index contributed by atoms with van der Waals surface area (Å²) in [6, 6.07) is 0. The van der Waals surface area contributed by atoms with Gasteiger partial charge in [-0.3, -0.25) is 9.59 Å². The van der Waals surface area contributed by atoms with E-state index in [4.69, 9.17) is 15.9 Å². The van der Waals surface area contributed by atoms with Crippen LogP contribution in [0, 0.1) is 17.8 Å². The minimum Gasteiger partial charge on any atom is -0.481 e. The highest BCUT2D eigenvalue weighted by molar-refractivity contribution is 5.83. The van der Waals surface area contributed by atoms with Crippen LogP contribution in [0.3, 0.4) is 0 Å². The molecule has 0 aromatic carbocycles. The third-order valence-corrected chi connectivity index (χ3v) is 3.30. The number of carboxylic acid groups (broad SMARTS) is 2. The monoisotopic (exact) mass is 229 g/mol. The molecule has 16 heavy (non-hydrogen) atoms. The molecule has 0 heterocycles. The van der Waals surface area contributed by atoms with Crippen molar-refractivity contribution in [2.75, 3.05) is 0 Å². The molecule has 0 spiro atoms. The maximum atomic E-state index is 11.2. The van der Waals surface area contributed by atoms with Crippen molar-refractivity contribution in [2.45, 2.75) is 38.6 Å². The molecule has 5 nitrogen and oxygen atoms in total. The van der Waals surface area contributed by atoms with Crippen LogP contribution in [-0.4, -0.2) is 27.7 Å². The Morgan fingerprint density at radius 3 is 2.31 bits per heavy atom.